The van der Waals surface area contributed by atoms with E-state index in [9.17, 15) is 27.6 Å². The number of benzodiazepines with no additional fused rings is 1. The number of amides is 3. The van der Waals surface area contributed by atoms with Crippen LogP contribution in [0.15, 0.2) is 47.5 Å². The number of benzene rings is 2. The summed E-state index contributed by atoms with van der Waals surface area (Å²) in [4.78, 5) is 43.5. The van der Waals surface area contributed by atoms with Crippen molar-refractivity contribution in [3.63, 3.8) is 0 Å². The molecule has 0 spiro atoms. The van der Waals surface area contributed by atoms with Gasteiger partial charge in [-0.05, 0) is 37.0 Å². The van der Waals surface area contributed by atoms with E-state index in [1.807, 2.05) is 0 Å². The van der Waals surface area contributed by atoms with Crippen molar-refractivity contribution in [2.45, 2.75) is 44.4 Å². The van der Waals surface area contributed by atoms with Crippen molar-refractivity contribution in [1.82, 2.24) is 5.32 Å². The summed E-state index contributed by atoms with van der Waals surface area (Å²) in [5, 5.41) is 5.78. The van der Waals surface area contributed by atoms with Crippen molar-refractivity contribution in [2.24, 2.45) is 28.5 Å². The highest BCUT2D eigenvalue weighted by atomic mass is 35.5. The zero-order valence-electron chi connectivity index (χ0n) is 21.1. The summed E-state index contributed by atoms with van der Waals surface area (Å²) in [5.41, 5.74) is 7.28. The normalized spacial score (nSPS) is 18.6. The van der Waals surface area contributed by atoms with E-state index >= 15 is 0 Å². The Hall–Kier alpha value is -3.60. The topological polar surface area (TPSA) is 123 Å². The zero-order valence-corrected chi connectivity index (χ0v) is 21.8. The van der Waals surface area contributed by atoms with Crippen LogP contribution in [-0.4, -0.2) is 42.9 Å². The van der Waals surface area contributed by atoms with E-state index in [-0.39, 0.29) is 12.3 Å². The molecule has 2 aromatic rings. The molecule has 0 saturated heterocycles. The Morgan fingerprint density at radius 3 is 2.46 bits per heavy atom. The quantitative estimate of drug-likeness (QED) is 0.395. The first-order chi connectivity index (χ1) is 18.5. The third kappa shape index (κ3) is 7.08. The van der Waals surface area contributed by atoms with Crippen LogP contribution in [-0.2, 0) is 14.4 Å². The lowest BCUT2D eigenvalue weighted by Gasteiger charge is -2.26. The highest BCUT2D eigenvalue weighted by molar-refractivity contribution is 6.31. The molecule has 3 amide bonds. The lowest BCUT2D eigenvalue weighted by atomic mass is 9.83. The third-order valence-electron chi connectivity index (χ3n) is 6.86. The molecule has 4 rings (SSSR count). The molecule has 2 aliphatic rings. The van der Waals surface area contributed by atoms with Crippen molar-refractivity contribution in [3.05, 3.63) is 58.6 Å². The number of hydrogen-bond acceptors (Lipinski definition) is 5. The average Bonchev–Trinajstić information content (AvgIpc) is 3.71. The number of methoxy groups -OCH3 is 1. The number of primary amides is 1. The van der Waals surface area contributed by atoms with E-state index in [0.717, 1.165) is 12.8 Å². The summed E-state index contributed by atoms with van der Waals surface area (Å²) in [7, 11) is 1.44. The van der Waals surface area contributed by atoms with Crippen LogP contribution < -0.4 is 21.1 Å². The maximum atomic E-state index is 13.5. The maximum absolute atomic E-state index is 13.5. The Balaban J connectivity index is 1.69. The van der Waals surface area contributed by atoms with Gasteiger partial charge in [0.1, 0.15) is 5.75 Å². The lowest BCUT2D eigenvalue weighted by Crippen LogP contribution is -2.48. The number of fused-ring (bicyclic) bond motifs is 1. The number of nitrogens with two attached hydrogens (primary N) is 1. The fourth-order valence-corrected chi connectivity index (χ4v) is 4.81. The van der Waals surface area contributed by atoms with Crippen molar-refractivity contribution < 1.29 is 32.3 Å². The summed E-state index contributed by atoms with van der Waals surface area (Å²) in [6.45, 7) is 0. The summed E-state index contributed by atoms with van der Waals surface area (Å²) in [5.74, 6) is -4.47. The van der Waals surface area contributed by atoms with Gasteiger partial charge in [0.05, 0.1) is 18.5 Å². The minimum absolute atomic E-state index is 0.0955. The smallest absolute Gasteiger partial charge is 0.389 e. The van der Waals surface area contributed by atoms with Gasteiger partial charge in [-0.2, -0.15) is 13.2 Å². The van der Waals surface area contributed by atoms with Gasteiger partial charge in [0.2, 0.25) is 18.0 Å². The molecule has 0 aromatic heterocycles. The number of nitrogens with one attached hydrogen (secondary N) is 2. The number of para-hydroxylation sites is 1. The Bertz CT molecular complexity index is 1280. The molecule has 12 heteroatoms. The van der Waals surface area contributed by atoms with Crippen LogP contribution >= 0.6 is 11.6 Å². The SMILES string of the molecule is COc1cccc2c1NC(=O)[C@@H](NC(=O)[C@@H](CC1CC1)[C@@H](CCC(F)(F)F)C(N)=O)N=C2c1ccc(Cl)cc1. The Morgan fingerprint density at radius 1 is 1.18 bits per heavy atom. The van der Waals surface area contributed by atoms with Gasteiger partial charge < -0.3 is 21.1 Å². The highest BCUT2D eigenvalue weighted by Gasteiger charge is 2.41. The molecule has 0 unspecified atom stereocenters. The fourth-order valence-electron chi connectivity index (χ4n) is 4.68. The molecule has 0 bridgehead atoms. The van der Waals surface area contributed by atoms with Crippen LogP contribution in [0, 0.1) is 17.8 Å². The molecule has 4 N–H and O–H groups in total. The van der Waals surface area contributed by atoms with Crippen LogP contribution in [0.3, 0.4) is 0 Å². The molecule has 1 heterocycles. The van der Waals surface area contributed by atoms with Crippen molar-refractivity contribution in [1.29, 1.82) is 0 Å². The molecular weight excluding hydrogens is 537 g/mol. The summed E-state index contributed by atoms with van der Waals surface area (Å²) in [6, 6.07) is 11.8. The number of hydrogen-bond donors (Lipinski definition) is 3. The van der Waals surface area contributed by atoms with E-state index in [1.54, 1.807) is 42.5 Å². The number of halogens is 4. The van der Waals surface area contributed by atoms with E-state index in [1.165, 1.54) is 7.11 Å². The predicted octanol–water partition coefficient (Wildman–Crippen LogP) is 4.44. The summed E-state index contributed by atoms with van der Waals surface area (Å²) in [6.07, 6.45) is -6.06. The molecular formula is C27H28ClF3N4O4. The number of carbonyl (C=O) groups excluding carboxylic acids is 3. The average molecular weight is 565 g/mol. The second-order valence-electron chi connectivity index (χ2n) is 9.72. The number of ether oxygens (including phenoxy) is 1. The molecule has 3 atom stereocenters. The monoisotopic (exact) mass is 564 g/mol. The van der Waals surface area contributed by atoms with Gasteiger partial charge in [0, 0.05) is 34.4 Å². The van der Waals surface area contributed by atoms with Gasteiger partial charge in [-0.15, -0.1) is 0 Å². The summed E-state index contributed by atoms with van der Waals surface area (Å²) >= 11 is 6.05. The van der Waals surface area contributed by atoms with E-state index in [2.05, 4.69) is 15.6 Å². The number of carbonyl (C=O) groups is 3. The minimum Gasteiger partial charge on any atom is -0.495 e. The van der Waals surface area contributed by atoms with Crippen molar-refractivity contribution >= 4 is 40.7 Å². The number of aliphatic imine (C=N–C) groups is 1. The van der Waals surface area contributed by atoms with E-state index < -0.39 is 54.7 Å². The number of anilines is 1. The number of alkyl halides is 3. The lowest BCUT2D eigenvalue weighted by molar-refractivity contribution is -0.146. The molecule has 208 valence electrons. The number of rotatable bonds is 10. The third-order valence-corrected chi connectivity index (χ3v) is 7.12. The molecule has 1 fully saturated rings. The first kappa shape index (κ1) is 28.4. The van der Waals surface area contributed by atoms with Gasteiger partial charge >= 0.3 is 6.18 Å². The standard InChI is InChI=1S/C27H28ClF3N4O4/c1-39-20-4-2-3-18-21(15-7-9-16(28)10-8-15)33-24(26(38)34-22(18)20)35-25(37)19(13-14-5-6-14)17(23(32)36)11-12-27(29,30)31/h2-4,7-10,14,17,19,24H,5-6,11-13H2,1H3,(H2,32,36)(H,34,38)(H,35,37)/t17-,19+,24-/m1/s1. The van der Waals surface area contributed by atoms with Gasteiger partial charge in [-0.1, -0.05) is 48.7 Å². The molecule has 39 heavy (non-hydrogen) atoms. The van der Waals surface area contributed by atoms with Crippen LogP contribution in [0.1, 0.15) is 43.2 Å². The van der Waals surface area contributed by atoms with Gasteiger partial charge in [0.15, 0.2) is 0 Å². The van der Waals surface area contributed by atoms with Gasteiger partial charge in [-0.3, -0.25) is 14.4 Å². The highest BCUT2D eigenvalue weighted by Crippen LogP contribution is 2.39. The Morgan fingerprint density at radius 2 is 1.87 bits per heavy atom. The van der Waals surface area contributed by atoms with Gasteiger partial charge in [0.25, 0.3) is 5.91 Å². The van der Waals surface area contributed by atoms with E-state index in [4.69, 9.17) is 22.1 Å². The predicted molar refractivity (Wildman–Crippen MR) is 139 cm³/mol. The summed E-state index contributed by atoms with van der Waals surface area (Å²) < 4.78 is 44.3. The van der Waals surface area contributed by atoms with Crippen LogP contribution in [0.2, 0.25) is 5.02 Å². The van der Waals surface area contributed by atoms with E-state index in [0.29, 0.717) is 33.3 Å². The molecule has 0 radical (unpaired) electrons. The molecule has 1 aliphatic carbocycles. The molecule has 2 aromatic carbocycles. The Labute approximate surface area is 228 Å². The van der Waals surface area contributed by atoms with Crippen LogP contribution in [0.5, 0.6) is 5.75 Å². The molecule has 1 aliphatic heterocycles. The minimum atomic E-state index is -4.52. The Kier molecular flexibility index (Phi) is 8.48. The largest absolute Gasteiger partial charge is 0.495 e. The van der Waals surface area contributed by atoms with Gasteiger partial charge in [-0.25, -0.2) is 4.99 Å². The van der Waals surface area contributed by atoms with Crippen molar-refractivity contribution in [3.8, 4) is 5.75 Å². The zero-order chi connectivity index (χ0) is 28.3. The van der Waals surface area contributed by atoms with Crippen molar-refractivity contribution in [2.75, 3.05) is 12.4 Å². The second kappa shape index (κ2) is 11.6. The molecule has 1 saturated carbocycles. The number of nitrogens with zero attached hydrogens (tertiary/aromatic N) is 1. The fraction of sp³-hybridized carbons (Fsp3) is 0.407. The maximum Gasteiger partial charge on any atom is 0.389 e. The first-order valence-corrected chi connectivity index (χ1v) is 12.8. The van der Waals surface area contributed by atoms with Crippen LogP contribution in [0.25, 0.3) is 0 Å². The first-order valence-electron chi connectivity index (χ1n) is 12.4. The second-order valence-corrected chi connectivity index (χ2v) is 10.2. The van der Waals surface area contributed by atoms with Crippen LogP contribution in [0.4, 0.5) is 18.9 Å². The molecule has 8 nitrogen and oxygen atoms in total.